The van der Waals surface area contributed by atoms with E-state index in [1.165, 1.54) is 14.2 Å². The summed E-state index contributed by atoms with van der Waals surface area (Å²) in [6, 6.07) is 15.9. The van der Waals surface area contributed by atoms with Crippen molar-refractivity contribution in [3.8, 4) is 28.8 Å². The minimum Gasteiger partial charge on any atom is -0.497 e. The predicted octanol–water partition coefficient (Wildman–Crippen LogP) is 3.06. The van der Waals surface area contributed by atoms with Gasteiger partial charge in [-0.05, 0) is 12.1 Å². The van der Waals surface area contributed by atoms with E-state index in [1.807, 2.05) is 12.1 Å². The Labute approximate surface area is 176 Å². The molecule has 0 bridgehead atoms. The fourth-order valence-corrected chi connectivity index (χ4v) is 3.32. The third-order valence-corrected chi connectivity index (χ3v) is 4.95. The lowest BCUT2D eigenvalue weighted by Gasteiger charge is -2.11. The second-order valence-electron chi connectivity index (χ2n) is 5.98. The van der Waals surface area contributed by atoms with Gasteiger partial charge in [-0.15, -0.1) is 0 Å². The van der Waals surface area contributed by atoms with E-state index in [9.17, 15) is 14.9 Å². The Morgan fingerprint density at radius 2 is 1.97 bits per heavy atom. The van der Waals surface area contributed by atoms with Gasteiger partial charge >= 0.3 is 0 Å². The Morgan fingerprint density at radius 3 is 2.63 bits per heavy atom. The molecule has 1 amide bonds. The Morgan fingerprint density at radius 1 is 1.20 bits per heavy atom. The van der Waals surface area contributed by atoms with Crippen LogP contribution in [0.4, 0.5) is 5.69 Å². The number of H-pyrrole nitrogens is 1. The molecule has 8 nitrogen and oxygen atoms in total. The first-order valence-corrected chi connectivity index (χ1v) is 9.78. The SMILES string of the molecule is COc1ccc(OC)c(NC(=O)CSc2nc(-c3ccccc3)c(C#N)c(=O)[nH]2)c1. The van der Waals surface area contributed by atoms with Gasteiger partial charge in [-0.25, -0.2) is 4.98 Å². The minimum absolute atomic E-state index is 0.0105. The molecule has 9 heteroatoms. The molecule has 0 fully saturated rings. The lowest BCUT2D eigenvalue weighted by atomic mass is 10.1. The van der Waals surface area contributed by atoms with Crippen molar-refractivity contribution in [1.29, 1.82) is 5.26 Å². The summed E-state index contributed by atoms with van der Waals surface area (Å²) in [5, 5.41) is 12.3. The maximum atomic E-state index is 12.4. The standard InChI is InChI=1S/C21H18N4O4S/c1-28-14-8-9-17(29-2)16(10-14)23-18(26)12-30-21-24-19(13-6-4-3-5-7-13)15(11-22)20(27)25-21/h3-10H,12H2,1-2H3,(H,23,26)(H,24,25,27). The molecule has 2 aromatic carbocycles. The van der Waals surface area contributed by atoms with Crippen molar-refractivity contribution in [3.63, 3.8) is 0 Å². The van der Waals surface area contributed by atoms with Crippen molar-refractivity contribution < 1.29 is 14.3 Å². The molecule has 2 N–H and O–H groups in total. The second-order valence-corrected chi connectivity index (χ2v) is 6.94. The summed E-state index contributed by atoms with van der Waals surface area (Å²) in [5.41, 5.74) is 0.764. The average Bonchev–Trinajstić information content (AvgIpc) is 2.77. The molecule has 0 spiro atoms. The number of nitrogens with zero attached hydrogens (tertiary/aromatic N) is 2. The minimum atomic E-state index is -0.552. The van der Waals surface area contributed by atoms with Crippen molar-refractivity contribution in [2.45, 2.75) is 5.16 Å². The number of aromatic nitrogens is 2. The normalized spacial score (nSPS) is 10.2. The summed E-state index contributed by atoms with van der Waals surface area (Å²) in [4.78, 5) is 31.6. The van der Waals surface area contributed by atoms with Crippen LogP contribution in [0, 0.1) is 11.3 Å². The molecule has 0 aliphatic carbocycles. The number of carbonyl (C=O) groups is 1. The van der Waals surface area contributed by atoms with Crippen LogP contribution in [0.3, 0.4) is 0 Å². The molecule has 0 saturated heterocycles. The number of nitriles is 1. The van der Waals surface area contributed by atoms with Crippen LogP contribution in [0.1, 0.15) is 5.56 Å². The van der Waals surface area contributed by atoms with Gasteiger partial charge in [0.2, 0.25) is 5.91 Å². The number of carbonyl (C=O) groups excluding carboxylic acids is 1. The van der Waals surface area contributed by atoms with E-state index >= 15 is 0 Å². The van der Waals surface area contributed by atoms with Gasteiger partial charge in [-0.2, -0.15) is 5.26 Å². The molecule has 3 aromatic rings. The molecule has 0 aliphatic rings. The largest absolute Gasteiger partial charge is 0.497 e. The van der Waals surface area contributed by atoms with Crippen LogP contribution >= 0.6 is 11.8 Å². The first kappa shape index (κ1) is 21.0. The van der Waals surface area contributed by atoms with Gasteiger partial charge in [-0.3, -0.25) is 9.59 Å². The van der Waals surface area contributed by atoms with Crippen LogP contribution in [-0.2, 0) is 4.79 Å². The Hall–Kier alpha value is -3.77. The van der Waals surface area contributed by atoms with Gasteiger partial charge in [0.15, 0.2) is 5.16 Å². The molecular formula is C21H18N4O4S. The lowest BCUT2D eigenvalue weighted by molar-refractivity contribution is -0.113. The van der Waals surface area contributed by atoms with Gasteiger partial charge in [0.05, 0.1) is 31.4 Å². The van der Waals surface area contributed by atoms with Crippen LogP contribution in [0.5, 0.6) is 11.5 Å². The second kappa shape index (κ2) is 9.62. The highest BCUT2D eigenvalue weighted by atomic mass is 32.2. The van der Waals surface area contributed by atoms with Crippen LogP contribution in [0.25, 0.3) is 11.3 Å². The molecule has 0 radical (unpaired) electrons. The molecule has 0 aliphatic heterocycles. The first-order valence-electron chi connectivity index (χ1n) is 8.80. The van der Waals surface area contributed by atoms with E-state index in [0.717, 1.165) is 11.8 Å². The van der Waals surface area contributed by atoms with E-state index in [-0.39, 0.29) is 28.1 Å². The van der Waals surface area contributed by atoms with Crippen molar-refractivity contribution in [2.24, 2.45) is 0 Å². The van der Waals surface area contributed by atoms with Crippen LogP contribution in [0.2, 0.25) is 0 Å². The van der Waals surface area contributed by atoms with Crippen LogP contribution in [0.15, 0.2) is 58.5 Å². The molecule has 0 saturated carbocycles. The van der Waals surface area contributed by atoms with Crippen molar-refractivity contribution in [2.75, 3.05) is 25.3 Å². The predicted molar refractivity (Wildman–Crippen MR) is 114 cm³/mol. The highest BCUT2D eigenvalue weighted by Gasteiger charge is 2.15. The zero-order valence-corrected chi connectivity index (χ0v) is 17.1. The van der Waals surface area contributed by atoms with E-state index in [0.29, 0.717) is 22.7 Å². The van der Waals surface area contributed by atoms with Gasteiger partial charge in [0.1, 0.15) is 23.1 Å². The molecular weight excluding hydrogens is 404 g/mol. The average molecular weight is 422 g/mol. The number of benzene rings is 2. The number of aromatic amines is 1. The summed E-state index contributed by atoms with van der Waals surface area (Å²) in [5.74, 6) is 0.735. The summed E-state index contributed by atoms with van der Waals surface area (Å²) in [6.07, 6.45) is 0. The highest BCUT2D eigenvalue weighted by molar-refractivity contribution is 7.99. The van der Waals surface area contributed by atoms with Gasteiger partial charge in [0.25, 0.3) is 5.56 Å². The summed E-state index contributed by atoms with van der Waals surface area (Å²) in [7, 11) is 3.03. The van der Waals surface area contributed by atoms with Gasteiger partial charge in [-0.1, -0.05) is 42.1 Å². The maximum Gasteiger partial charge on any atom is 0.270 e. The lowest BCUT2D eigenvalue weighted by Crippen LogP contribution is -2.17. The third kappa shape index (κ3) is 4.79. The van der Waals surface area contributed by atoms with E-state index < -0.39 is 5.56 Å². The Bertz CT molecular complexity index is 1160. The first-order chi connectivity index (χ1) is 14.5. The molecule has 30 heavy (non-hydrogen) atoms. The zero-order chi connectivity index (χ0) is 21.5. The molecule has 1 aromatic heterocycles. The number of amides is 1. The number of hydrogen-bond donors (Lipinski definition) is 2. The number of nitrogens with one attached hydrogen (secondary N) is 2. The van der Waals surface area contributed by atoms with Gasteiger partial charge in [0, 0.05) is 11.6 Å². The van der Waals surface area contributed by atoms with E-state index in [4.69, 9.17) is 9.47 Å². The number of methoxy groups -OCH3 is 2. The molecule has 1 heterocycles. The highest BCUT2D eigenvalue weighted by Crippen LogP contribution is 2.29. The Balaban J connectivity index is 1.78. The fraction of sp³-hybridized carbons (Fsp3) is 0.143. The number of anilines is 1. The van der Waals surface area contributed by atoms with Crippen molar-refractivity contribution >= 4 is 23.4 Å². The topological polar surface area (TPSA) is 117 Å². The fourth-order valence-electron chi connectivity index (χ4n) is 2.66. The zero-order valence-electron chi connectivity index (χ0n) is 16.3. The van der Waals surface area contributed by atoms with E-state index in [2.05, 4.69) is 15.3 Å². The summed E-state index contributed by atoms with van der Waals surface area (Å²) in [6.45, 7) is 0. The van der Waals surface area contributed by atoms with E-state index in [1.54, 1.807) is 42.5 Å². The number of thioether (sulfide) groups is 1. The molecule has 0 unspecified atom stereocenters. The smallest absolute Gasteiger partial charge is 0.270 e. The molecule has 0 atom stereocenters. The summed E-state index contributed by atoms with van der Waals surface area (Å²) >= 11 is 1.05. The van der Waals surface area contributed by atoms with Crippen molar-refractivity contribution in [3.05, 3.63) is 64.4 Å². The monoisotopic (exact) mass is 422 g/mol. The third-order valence-electron chi connectivity index (χ3n) is 4.08. The number of rotatable bonds is 7. The number of ether oxygens (including phenoxy) is 2. The molecule has 3 rings (SSSR count). The quantitative estimate of drug-likeness (QED) is 0.444. The number of hydrogen-bond acceptors (Lipinski definition) is 7. The van der Waals surface area contributed by atoms with Crippen LogP contribution < -0.4 is 20.3 Å². The molecule has 152 valence electrons. The summed E-state index contributed by atoms with van der Waals surface area (Å²) < 4.78 is 10.4. The Kier molecular flexibility index (Phi) is 6.72. The van der Waals surface area contributed by atoms with Crippen molar-refractivity contribution in [1.82, 2.24) is 9.97 Å². The maximum absolute atomic E-state index is 12.4. The van der Waals surface area contributed by atoms with Gasteiger partial charge < -0.3 is 19.8 Å². The van der Waals surface area contributed by atoms with Crippen LogP contribution in [-0.4, -0.2) is 35.8 Å².